The second kappa shape index (κ2) is 4.56. The van der Waals surface area contributed by atoms with Gasteiger partial charge in [-0.05, 0) is 6.92 Å². The van der Waals surface area contributed by atoms with Crippen LogP contribution in [0.4, 0.5) is 0 Å². The van der Waals surface area contributed by atoms with Crippen molar-refractivity contribution in [3.8, 4) is 17.2 Å². The first kappa shape index (κ1) is 12.2. The van der Waals surface area contributed by atoms with E-state index in [9.17, 15) is 9.59 Å². The molecule has 2 rings (SSSR count). The number of carbonyl (C=O) groups is 2. The zero-order valence-corrected chi connectivity index (χ0v) is 10.2. The maximum Gasteiger partial charge on any atom is 0.342 e. The van der Waals surface area contributed by atoms with Crippen molar-refractivity contribution in [3.63, 3.8) is 0 Å². The Labute approximate surface area is 103 Å². The molecule has 0 saturated carbocycles. The smallest absolute Gasteiger partial charge is 0.342 e. The van der Waals surface area contributed by atoms with Crippen LogP contribution >= 0.6 is 0 Å². The first-order chi connectivity index (χ1) is 8.54. The molecule has 6 nitrogen and oxygen atoms in total. The summed E-state index contributed by atoms with van der Waals surface area (Å²) in [7, 11) is 1.25. The summed E-state index contributed by atoms with van der Waals surface area (Å²) in [5.41, 5.74) is 0.685. The van der Waals surface area contributed by atoms with E-state index in [0.29, 0.717) is 17.1 Å². The van der Waals surface area contributed by atoms with Crippen molar-refractivity contribution in [3.05, 3.63) is 17.2 Å². The van der Waals surface area contributed by atoms with Gasteiger partial charge in [0.15, 0.2) is 11.5 Å². The number of benzene rings is 1. The van der Waals surface area contributed by atoms with E-state index in [1.54, 1.807) is 6.92 Å². The minimum absolute atomic E-state index is 0.0698. The molecular weight excluding hydrogens is 240 g/mol. The minimum Gasteiger partial charge on any atom is -0.465 e. The molecule has 1 heterocycles. The third kappa shape index (κ3) is 1.97. The van der Waals surface area contributed by atoms with Gasteiger partial charge < -0.3 is 18.9 Å². The van der Waals surface area contributed by atoms with E-state index in [1.807, 2.05) is 0 Å². The fourth-order valence-electron chi connectivity index (χ4n) is 1.77. The van der Waals surface area contributed by atoms with E-state index in [1.165, 1.54) is 20.1 Å². The molecule has 0 radical (unpaired) electrons. The molecule has 1 aliphatic rings. The number of methoxy groups -OCH3 is 1. The number of hydrogen-bond donors (Lipinski definition) is 0. The fraction of sp³-hybridized carbons (Fsp3) is 0.333. The van der Waals surface area contributed by atoms with Gasteiger partial charge in [0.25, 0.3) is 0 Å². The molecule has 96 valence electrons. The van der Waals surface area contributed by atoms with E-state index in [0.717, 1.165) is 0 Å². The highest BCUT2D eigenvalue weighted by molar-refractivity contribution is 5.96. The summed E-state index contributed by atoms with van der Waals surface area (Å²) in [5.74, 6) is -0.112. The summed E-state index contributed by atoms with van der Waals surface area (Å²) in [6.07, 6.45) is 0. The van der Waals surface area contributed by atoms with Gasteiger partial charge in [0.1, 0.15) is 11.3 Å². The Morgan fingerprint density at radius 1 is 1.33 bits per heavy atom. The summed E-state index contributed by atoms with van der Waals surface area (Å²) in [6.45, 7) is 2.99. The summed E-state index contributed by atoms with van der Waals surface area (Å²) in [4.78, 5) is 22.8. The number of rotatable bonds is 2. The van der Waals surface area contributed by atoms with E-state index < -0.39 is 11.9 Å². The van der Waals surface area contributed by atoms with Crippen LogP contribution in [0.2, 0.25) is 0 Å². The van der Waals surface area contributed by atoms with Crippen LogP contribution < -0.4 is 14.2 Å². The van der Waals surface area contributed by atoms with Crippen LogP contribution in [0.5, 0.6) is 17.2 Å². The van der Waals surface area contributed by atoms with Crippen molar-refractivity contribution in [1.29, 1.82) is 0 Å². The van der Waals surface area contributed by atoms with Crippen LogP contribution in [0.25, 0.3) is 0 Å². The number of fused-ring (bicyclic) bond motifs is 1. The van der Waals surface area contributed by atoms with Gasteiger partial charge in [0, 0.05) is 18.6 Å². The van der Waals surface area contributed by atoms with Gasteiger partial charge in [-0.2, -0.15) is 0 Å². The molecule has 1 aliphatic heterocycles. The van der Waals surface area contributed by atoms with Gasteiger partial charge in [-0.1, -0.05) is 0 Å². The zero-order valence-electron chi connectivity index (χ0n) is 10.2. The van der Waals surface area contributed by atoms with E-state index in [2.05, 4.69) is 4.74 Å². The third-order valence-electron chi connectivity index (χ3n) is 2.51. The third-order valence-corrected chi connectivity index (χ3v) is 2.51. The average molecular weight is 252 g/mol. The number of carbonyl (C=O) groups excluding carboxylic acids is 2. The van der Waals surface area contributed by atoms with Crippen molar-refractivity contribution in [2.75, 3.05) is 13.9 Å². The quantitative estimate of drug-likeness (QED) is 0.585. The van der Waals surface area contributed by atoms with Crippen LogP contribution in [-0.2, 0) is 9.53 Å². The number of esters is 2. The van der Waals surface area contributed by atoms with Crippen LogP contribution in [0.1, 0.15) is 22.8 Å². The molecule has 0 N–H and O–H groups in total. The van der Waals surface area contributed by atoms with Gasteiger partial charge in [0.2, 0.25) is 6.79 Å². The fourth-order valence-corrected chi connectivity index (χ4v) is 1.77. The van der Waals surface area contributed by atoms with E-state index in [-0.39, 0.29) is 18.1 Å². The van der Waals surface area contributed by atoms with Crippen LogP contribution in [0.3, 0.4) is 0 Å². The number of ether oxygens (including phenoxy) is 4. The molecule has 0 aromatic heterocycles. The van der Waals surface area contributed by atoms with Gasteiger partial charge in [0.05, 0.1) is 7.11 Å². The predicted molar refractivity (Wildman–Crippen MR) is 60.0 cm³/mol. The molecule has 6 heteroatoms. The van der Waals surface area contributed by atoms with Crippen molar-refractivity contribution in [1.82, 2.24) is 0 Å². The summed E-state index contributed by atoms with van der Waals surface area (Å²) in [6, 6.07) is 1.45. The molecule has 18 heavy (non-hydrogen) atoms. The SMILES string of the molecule is COC(=O)c1c(OC(C)=O)cc2c(c1C)OCO2. The minimum atomic E-state index is -0.595. The molecule has 0 spiro atoms. The van der Waals surface area contributed by atoms with Crippen molar-refractivity contribution in [2.45, 2.75) is 13.8 Å². The second-order valence-electron chi connectivity index (χ2n) is 3.69. The van der Waals surface area contributed by atoms with E-state index in [4.69, 9.17) is 14.2 Å². The predicted octanol–water partition coefficient (Wildman–Crippen LogP) is 1.44. The second-order valence-corrected chi connectivity index (χ2v) is 3.69. The Bertz CT molecular complexity index is 520. The van der Waals surface area contributed by atoms with Crippen LogP contribution in [0, 0.1) is 6.92 Å². The molecule has 1 aromatic carbocycles. The lowest BCUT2D eigenvalue weighted by Gasteiger charge is -2.12. The van der Waals surface area contributed by atoms with Gasteiger partial charge in [-0.15, -0.1) is 0 Å². The van der Waals surface area contributed by atoms with Crippen LogP contribution in [0.15, 0.2) is 6.07 Å². The maximum absolute atomic E-state index is 11.7. The lowest BCUT2D eigenvalue weighted by molar-refractivity contribution is -0.131. The van der Waals surface area contributed by atoms with Crippen molar-refractivity contribution >= 4 is 11.9 Å². The normalized spacial score (nSPS) is 12.2. The Morgan fingerprint density at radius 2 is 2.06 bits per heavy atom. The van der Waals surface area contributed by atoms with Crippen LogP contribution in [-0.4, -0.2) is 25.8 Å². The highest BCUT2D eigenvalue weighted by Crippen LogP contribution is 2.42. The summed E-state index contributed by atoms with van der Waals surface area (Å²) >= 11 is 0. The number of hydrogen-bond acceptors (Lipinski definition) is 6. The largest absolute Gasteiger partial charge is 0.465 e. The first-order valence-electron chi connectivity index (χ1n) is 5.24. The first-order valence-corrected chi connectivity index (χ1v) is 5.24. The van der Waals surface area contributed by atoms with Crippen molar-refractivity contribution in [2.24, 2.45) is 0 Å². The highest BCUT2D eigenvalue weighted by Gasteiger charge is 2.27. The lowest BCUT2D eigenvalue weighted by atomic mass is 10.1. The molecule has 0 saturated heterocycles. The van der Waals surface area contributed by atoms with Gasteiger partial charge >= 0.3 is 11.9 Å². The Hall–Kier alpha value is -2.24. The molecule has 0 fully saturated rings. The molecule has 0 amide bonds. The molecule has 0 bridgehead atoms. The topological polar surface area (TPSA) is 71.1 Å². The Kier molecular flexibility index (Phi) is 3.10. The average Bonchev–Trinajstić information content (AvgIpc) is 2.76. The maximum atomic E-state index is 11.7. The summed E-state index contributed by atoms with van der Waals surface area (Å²) in [5, 5.41) is 0. The Morgan fingerprint density at radius 3 is 2.67 bits per heavy atom. The molecular formula is C12H12O6. The van der Waals surface area contributed by atoms with Crippen molar-refractivity contribution < 1.29 is 28.5 Å². The Balaban J connectivity index is 2.59. The zero-order chi connectivity index (χ0) is 13.3. The van der Waals surface area contributed by atoms with Gasteiger partial charge in [-0.25, -0.2) is 4.79 Å². The molecule has 0 unspecified atom stereocenters. The molecule has 0 aliphatic carbocycles. The standard InChI is InChI=1S/C12H12O6/c1-6-10(12(14)15-3)8(18-7(2)13)4-9-11(6)17-5-16-9/h4H,5H2,1-3H3. The highest BCUT2D eigenvalue weighted by atomic mass is 16.7. The monoisotopic (exact) mass is 252 g/mol. The molecule has 0 atom stereocenters. The molecule has 1 aromatic rings. The lowest BCUT2D eigenvalue weighted by Crippen LogP contribution is -2.11. The van der Waals surface area contributed by atoms with E-state index >= 15 is 0 Å². The summed E-state index contributed by atoms with van der Waals surface area (Å²) < 4.78 is 20.1. The van der Waals surface area contributed by atoms with Gasteiger partial charge in [-0.3, -0.25) is 4.79 Å².